The van der Waals surface area contributed by atoms with Gasteiger partial charge in [-0.3, -0.25) is 0 Å². The van der Waals surface area contributed by atoms with Gasteiger partial charge in [-0.25, -0.2) is 0 Å². The third kappa shape index (κ3) is 6.13. The quantitative estimate of drug-likeness (QED) is 0.729. The largest absolute Gasteiger partial charge is 0.389 e. The molecular weight excluding hydrogens is 190 g/mol. The van der Waals surface area contributed by atoms with Gasteiger partial charge in [-0.1, -0.05) is 20.3 Å². The van der Waals surface area contributed by atoms with E-state index in [9.17, 15) is 5.11 Å². The molecular formula is C12H25NO2. The van der Waals surface area contributed by atoms with Crippen LogP contribution in [0.1, 0.15) is 33.1 Å². The van der Waals surface area contributed by atoms with Gasteiger partial charge in [0.05, 0.1) is 12.7 Å². The Morgan fingerprint density at radius 2 is 1.80 bits per heavy atom. The first kappa shape index (κ1) is 12.9. The van der Waals surface area contributed by atoms with Crippen molar-refractivity contribution in [3.05, 3.63) is 0 Å². The number of ether oxygens (including phenoxy) is 1. The van der Waals surface area contributed by atoms with Crippen molar-refractivity contribution in [2.24, 2.45) is 5.92 Å². The van der Waals surface area contributed by atoms with Gasteiger partial charge in [0.1, 0.15) is 0 Å². The van der Waals surface area contributed by atoms with Crippen molar-refractivity contribution in [1.82, 2.24) is 4.90 Å². The predicted octanol–water partition coefficient (Wildman–Crippen LogP) is 1.51. The highest BCUT2D eigenvalue weighted by atomic mass is 16.5. The smallest absolute Gasteiger partial charge is 0.0900 e. The Kier molecular flexibility index (Phi) is 6.22. The van der Waals surface area contributed by atoms with Crippen molar-refractivity contribution in [1.29, 1.82) is 0 Å². The molecule has 1 atom stereocenters. The van der Waals surface area contributed by atoms with E-state index in [-0.39, 0.29) is 6.10 Å². The lowest BCUT2D eigenvalue weighted by Gasteiger charge is -2.28. The van der Waals surface area contributed by atoms with Gasteiger partial charge in [0.25, 0.3) is 0 Å². The van der Waals surface area contributed by atoms with Crippen LogP contribution in [-0.4, -0.2) is 49.0 Å². The van der Waals surface area contributed by atoms with E-state index in [0.717, 1.165) is 26.2 Å². The van der Waals surface area contributed by atoms with Crippen molar-refractivity contribution < 1.29 is 9.84 Å². The van der Waals surface area contributed by atoms with Crippen LogP contribution in [0.2, 0.25) is 0 Å². The molecule has 1 fully saturated rings. The summed E-state index contributed by atoms with van der Waals surface area (Å²) in [5.41, 5.74) is 0. The van der Waals surface area contributed by atoms with Crippen LogP contribution in [0.3, 0.4) is 0 Å². The fraction of sp³-hybridized carbons (Fsp3) is 1.00. The van der Waals surface area contributed by atoms with Gasteiger partial charge in [0.15, 0.2) is 0 Å². The molecule has 90 valence electrons. The SMILES string of the molecule is CC(C)COCC(O)CN1CCCCC1. The van der Waals surface area contributed by atoms with E-state index in [4.69, 9.17) is 4.74 Å². The Labute approximate surface area is 93.4 Å². The number of aliphatic hydroxyl groups excluding tert-OH is 1. The number of hydrogen-bond donors (Lipinski definition) is 1. The van der Waals surface area contributed by atoms with Crippen LogP contribution in [-0.2, 0) is 4.74 Å². The Hall–Kier alpha value is -0.120. The molecule has 0 saturated carbocycles. The molecule has 0 aromatic rings. The molecule has 1 rings (SSSR count). The average molecular weight is 215 g/mol. The zero-order valence-corrected chi connectivity index (χ0v) is 10.1. The number of nitrogens with zero attached hydrogens (tertiary/aromatic N) is 1. The highest BCUT2D eigenvalue weighted by Crippen LogP contribution is 2.09. The van der Waals surface area contributed by atoms with Crippen LogP contribution in [0, 0.1) is 5.92 Å². The lowest BCUT2D eigenvalue weighted by atomic mass is 10.1. The number of β-amino-alcohol motifs (C(OH)–C–C–N with tert-alkyl or cyclic N) is 1. The fourth-order valence-corrected chi connectivity index (χ4v) is 1.93. The van der Waals surface area contributed by atoms with E-state index in [0.29, 0.717) is 12.5 Å². The van der Waals surface area contributed by atoms with Crippen molar-refractivity contribution >= 4 is 0 Å². The van der Waals surface area contributed by atoms with Crippen LogP contribution in [0.15, 0.2) is 0 Å². The maximum absolute atomic E-state index is 9.75. The maximum atomic E-state index is 9.75. The summed E-state index contributed by atoms with van der Waals surface area (Å²) in [4.78, 5) is 2.34. The monoisotopic (exact) mass is 215 g/mol. The van der Waals surface area contributed by atoms with Crippen molar-refractivity contribution in [2.75, 3.05) is 32.8 Å². The van der Waals surface area contributed by atoms with Gasteiger partial charge in [0.2, 0.25) is 0 Å². The van der Waals surface area contributed by atoms with E-state index in [1.165, 1.54) is 19.3 Å². The van der Waals surface area contributed by atoms with E-state index < -0.39 is 0 Å². The Bertz CT molecular complexity index is 156. The summed E-state index contributed by atoms with van der Waals surface area (Å²) in [5, 5.41) is 9.75. The second-order valence-corrected chi connectivity index (χ2v) is 4.95. The highest BCUT2D eigenvalue weighted by molar-refractivity contribution is 4.68. The second-order valence-electron chi connectivity index (χ2n) is 4.95. The topological polar surface area (TPSA) is 32.7 Å². The molecule has 3 heteroatoms. The minimum absolute atomic E-state index is 0.318. The molecule has 0 amide bonds. The van der Waals surface area contributed by atoms with Gasteiger partial charge in [-0.2, -0.15) is 0 Å². The molecule has 1 N–H and O–H groups in total. The zero-order valence-electron chi connectivity index (χ0n) is 10.1. The number of rotatable bonds is 6. The Morgan fingerprint density at radius 3 is 2.40 bits per heavy atom. The molecule has 0 radical (unpaired) electrons. The molecule has 15 heavy (non-hydrogen) atoms. The maximum Gasteiger partial charge on any atom is 0.0900 e. The van der Waals surface area contributed by atoms with Crippen molar-refractivity contribution in [2.45, 2.75) is 39.2 Å². The predicted molar refractivity (Wildman–Crippen MR) is 62.0 cm³/mol. The Balaban J connectivity index is 2.03. The number of hydrogen-bond acceptors (Lipinski definition) is 3. The third-order valence-corrected chi connectivity index (χ3v) is 2.68. The van der Waals surface area contributed by atoms with Crippen LogP contribution in [0.5, 0.6) is 0 Å². The minimum Gasteiger partial charge on any atom is -0.389 e. The number of likely N-dealkylation sites (tertiary alicyclic amines) is 1. The average Bonchev–Trinajstić information content (AvgIpc) is 2.18. The summed E-state index contributed by atoms with van der Waals surface area (Å²) in [7, 11) is 0. The van der Waals surface area contributed by atoms with Crippen LogP contribution in [0.4, 0.5) is 0 Å². The molecule has 0 bridgehead atoms. The van der Waals surface area contributed by atoms with E-state index in [1.54, 1.807) is 0 Å². The molecule has 1 aliphatic heterocycles. The first-order valence-electron chi connectivity index (χ1n) is 6.16. The van der Waals surface area contributed by atoms with Crippen molar-refractivity contribution in [3.63, 3.8) is 0 Å². The van der Waals surface area contributed by atoms with E-state index in [1.807, 2.05) is 0 Å². The van der Waals surface area contributed by atoms with E-state index in [2.05, 4.69) is 18.7 Å². The van der Waals surface area contributed by atoms with E-state index >= 15 is 0 Å². The normalized spacial score (nSPS) is 20.8. The molecule has 3 nitrogen and oxygen atoms in total. The van der Waals surface area contributed by atoms with Gasteiger partial charge in [-0.15, -0.1) is 0 Å². The van der Waals surface area contributed by atoms with Gasteiger partial charge < -0.3 is 14.7 Å². The fourth-order valence-electron chi connectivity index (χ4n) is 1.93. The van der Waals surface area contributed by atoms with Gasteiger partial charge >= 0.3 is 0 Å². The summed E-state index contributed by atoms with van der Waals surface area (Å²) in [6.07, 6.45) is 3.58. The second kappa shape index (κ2) is 7.20. The standard InChI is InChI=1S/C12H25NO2/c1-11(2)9-15-10-12(14)8-13-6-4-3-5-7-13/h11-12,14H,3-10H2,1-2H3. The molecule has 1 heterocycles. The van der Waals surface area contributed by atoms with Gasteiger partial charge in [0, 0.05) is 13.2 Å². The summed E-state index contributed by atoms with van der Waals surface area (Å²) in [5.74, 6) is 0.548. The van der Waals surface area contributed by atoms with Crippen LogP contribution >= 0.6 is 0 Å². The molecule has 0 aromatic heterocycles. The molecule has 0 aliphatic carbocycles. The number of aliphatic hydroxyl groups is 1. The third-order valence-electron chi connectivity index (χ3n) is 2.68. The molecule has 1 aliphatic rings. The summed E-state index contributed by atoms with van der Waals surface area (Å²) in [6.45, 7) is 8.53. The zero-order chi connectivity index (χ0) is 11.1. The molecule has 0 aromatic carbocycles. The highest BCUT2D eigenvalue weighted by Gasteiger charge is 2.14. The van der Waals surface area contributed by atoms with Gasteiger partial charge in [-0.05, 0) is 31.8 Å². The lowest BCUT2D eigenvalue weighted by molar-refractivity contribution is 0.00556. The minimum atomic E-state index is -0.318. The molecule has 0 spiro atoms. The first-order valence-corrected chi connectivity index (χ1v) is 6.16. The molecule has 1 unspecified atom stereocenters. The summed E-state index contributed by atoms with van der Waals surface area (Å²) >= 11 is 0. The first-order chi connectivity index (χ1) is 7.18. The van der Waals surface area contributed by atoms with Crippen LogP contribution < -0.4 is 0 Å². The lowest BCUT2D eigenvalue weighted by Crippen LogP contribution is -2.38. The number of piperidine rings is 1. The molecule has 1 saturated heterocycles. The Morgan fingerprint density at radius 1 is 1.13 bits per heavy atom. The van der Waals surface area contributed by atoms with Crippen LogP contribution in [0.25, 0.3) is 0 Å². The summed E-state index contributed by atoms with van der Waals surface area (Å²) < 4.78 is 5.42. The van der Waals surface area contributed by atoms with Crippen molar-refractivity contribution in [3.8, 4) is 0 Å². The summed E-state index contributed by atoms with van der Waals surface area (Å²) in [6, 6.07) is 0.